The summed E-state index contributed by atoms with van der Waals surface area (Å²) in [4.78, 5) is 56.9. The zero-order valence-electron chi connectivity index (χ0n) is 15.4. The lowest BCUT2D eigenvalue weighted by Crippen LogP contribution is -2.51. The molecule has 11 nitrogen and oxygen atoms in total. The lowest BCUT2D eigenvalue weighted by atomic mass is 10.0. The molecule has 0 aromatic carbocycles. The van der Waals surface area contributed by atoms with Crippen molar-refractivity contribution in [3.8, 4) is 0 Å². The molecule has 0 spiro atoms. The van der Waals surface area contributed by atoms with Gasteiger partial charge in [-0.1, -0.05) is 0 Å². The molecule has 0 aromatic rings. The molecule has 1 aliphatic rings. The Kier molecular flexibility index (Phi) is 7.76. The van der Waals surface area contributed by atoms with Crippen LogP contribution in [0.3, 0.4) is 0 Å². The van der Waals surface area contributed by atoms with Gasteiger partial charge in [-0.3, -0.25) is 24.0 Å². The average molecular weight is 388 g/mol. The number of hydrogen-bond donors (Lipinski definition) is 0. The van der Waals surface area contributed by atoms with E-state index >= 15 is 0 Å². The standard InChI is InChI=1S/C16H20O11/c1-7(17)22-6-12-13(23-8(2)18)14(24-9(3)19)15(25-10(4)20)16(27-12)26-11(5)21/h12-14H,6H2,1-5H3/t12?,13-,14?/m1/s1. The van der Waals surface area contributed by atoms with Crippen molar-refractivity contribution in [2.75, 3.05) is 6.61 Å². The van der Waals surface area contributed by atoms with Crippen LogP contribution >= 0.6 is 0 Å². The van der Waals surface area contributed by atoms with E-state index in [0.29, 0.717) is 0 Å². The monoisotopic (exact) mass is 388 g/mol. The van der Waals surface area contributed by atoms with E-state index < -0.39 is 66.5 Å². The second-order valence-corrected chi connectivity index (χ2v) is 5.40. The maximum absolute atomic E-state index is 11.5. The third-order valence-electron chi connectivity index (χ3n) is 2.92. The summed E-state index contributed by atoms with van der Waals surface area (Å²) in [5, 5.41) is 0. The molecule has 0 radical (unpaired) electrons. The van der Waals surface area contributed by atoms with E-state index in [-0.39, 0.29) is 0 Å². The van der Waals surface area contributed by atoms with Gasteiger partial charge in [-0.25, -0.2) is 0 Å². The van der Waals surface area contributed by atoms with E-state index in [1.54, 1.807) is 0 Å². The molecule has 0 saturated heterocycles. The fourth-order valence-corrected chi connectivity index (χ4v) is 2.14. The van der Waals surface area contributed by atoms with Crippen molar-refractivity contribution < 1.29 is 52.4 Å². The molecular formula is C16H20O11. The van der Waals surface area contributed by atoms with Gasteiger partial charge in [0, 0.05) is 34.6 Å². The highest BCUT2D eigenvalue weighted by atomic mass is 16.7. The quantitative estimate of drug-likeness (QED) is 0.452. The summed E-state index contributed by atoms with van der Waals surface area (Å²) >= 11 is 0. The van der Waals surface area contributed by atoms with Crippen LogP contribution in [-0.4, -0.2) is 54.8 Å². The predicted octanol–water partition coefficient (Wildman–Crippen LogP) is 0.107. The molecular weight excluding hydrogens is 368 g/mol. The van der Waals surface area contributed by atoms with Gasteiger partial charge in [0.1, 0.15) is 6.61 Å². The van der Waals surface area contributed by atoms with Gasteiger partial charge in [0.05, 0.1) is 0 Å². The van der Waals surface area contributed by atoms with E-state index in [4.69, 9.17) is 28.4 Å². The highest BCUT2D eigenvalue weighted by molar-refractivity contribution is 5.70. The topological polar surface area (TPSA) is 141 Å². The van der Waals surface area contributed by atoms with Crippen LogP contribution in [0.15, 0.2) is 11.7 Å². The van der Waals surface area contributed by atoms with Crippen LogP contribution in [0.4, 0.5) is 0 Å². The number of carbonyl (C=O) groups excluding carboxylic acids is 5. The summed E-state index contributed by atoms with van der Waals surface area (Å²) in [5.41, 5.74) is 0. The minimum absolute atomic E-state index is 0.427. The summed E-state index contributed by atoms with van der Waals surface area (Å²) in [6.07, 6.45) is -4.05. The Morgan fingerprint density at radius 2 is 1.33 bits per heavy atom. The average Bonchev–Trinajstić information content (AvgIpc) is 2.49. The molecule has 3 atom stereocenters. The van der Waals surface area contributed by atoms with E-state index in [1.807, 2.05) is 0 Å². The van der Waals surface area contributed by atoms with Gasteiger partial charge in [-0.2, -0.15) is 0 Å². The number of carbonyl (C=O) groups is 5. The van der Waals surface area contributed by atoms with Crippen molar-refractivity contribution in [2.45, 2.75) is 52.9 Å². The van der Waals surface area contributed by atoms with Crippen LogP contribution < -0.4 is 0 Å². The van der Waals surface area contributed by atoms with Gasteiger partial charge in [0.25, 0.3) is 0 Å². The maximum Gasteiger partial charge on any atom is 0.332 e. The minimum atomic E-state index is -1.49. The SMILES string of the molecule is CC(=O)OCC1OC(OC(C)=O)=C(OC(C)=O)C(OC(C)=O)[C@@H]1OC(C)=O. The fourth-order valence-electron chi connectivity index (χ4n) is 2.14. The summed E-state index contributed by atoms with van der Waals surface area (Å²) in [6, 6.07) is 0. The lowest BCUT2D eigenvalue weighted by molar-refractivity contribution is -0.200. The Balaban J connectivity index is 3.42. The molecule has 0 saturated carbocycles. The van der Waals surface area contributed by atoms with Crippen LogP contribution in [0.2, 0.25) is 0 Å². The largest absolute Gasteiger partial charge is 0.462 e. The first kappa shape index (κ1) is 21.9. The van der Waals surface area contributed by atoms with Crippen molar-refractivity contribution in [2.24, 2.45) is 0 Å². The summed E-state index contributed by atoms with van der Waals surface area (Å²) < 4.78 is 30.3. The highest BCUT2D eigenvalue weighted by Gasteiger charge is 2.48. The minimum Gasteiger partial charge on any atom is -0.462 e. The fraction of sp³-hybridized carbons (Fsp3) is 0.562. The molecule has 0 fully saturated rings. The zero-order valence-corrected chi connectivity index (χ0v) is 15.4. The van der Waals surface area contributed by atoms with E-state index in [0.717, 1.165) is 34.6 Å². The molecule has 2 unspecified atom stereocenters. The van der Waals surface area contributed by atoms with Crippen LogP contribution in [0.25, 0.3) is 0 Å². The molecule has 0 aliphatic carbocycles. The smallest absolute Gasteiger partial charge is 0.332 e. The molecule has 0 bridgehead atoms. The summed E-state index contributed by atoms with van der Waals surface area (Å²) in [7, 11) is 0. The molecule has 1 aliphatic heterocycles. The van der Waals surface area contributed by atoms with Gasteiger partial charge in [-0.15, -0.1) is 0 Å². The second kappa shape index (κ2) is 9.55. The highest BCUT2D eigenvalue weighted by Crippen LogP contribution is 2.31. The third-order valence-corrected chi connectivity index (χ3v) is 2.92. The molecule has 1 rings (SSSR count). The molecule has 0 amide bonds. The molecule has 0 aromatic heterocycles. The second-order valence-electron chi connectivity index (χ2n) is 5.40. The summed E-state index contributed by atoms with van der Waals surface area (Å²) in [6.45, 7) is 4.98. The molecule has 1 heterocycles. The van der Waals surface area contributed by atoms with Crippen LogP contribution in [0.1, 0.15) is 34.6 Å². The van der Waals surface area contributed by atoms with Gasteiger partial charge < -0.3 is 28.4 Å². The van der Waals surface area contributed by atoms with Crippen LogP contribution in [0.5, 0.6) is 0 Å². The van der Waals surface area contributed by atoms with Crippen molar-refractivity contribution in [1.29, 1.82) is 0 Å². The Labute approximate surface area is 154 Å². The third kappa shape index (κ3) is 6.96. The molecule has 0 N–H and O–H groups in total. The van der Waals surface area contributed by atoms with E-state index in [1.165, 1.54) is 0 Å². The number of hydrogen-bond acceptors (Lipinski definition) is 11. The van der Waals surface area contributed by atoms with Crippen molar-refractivity contribution >= 4 is 29.8 Å². The zero-order chi connectivity index (χ0) is 20.7. The van der Waals surface area contributed by atoms with Gasteiger partial charge >= 0.3 is 35.8 Å². The van der Waals surface area contributed by atoms with Crippen molar-refractivity contribution in [3.63, 3.8) is 0 Å². The first-order valence-electron chi connectivity index (χ1n) is 7.76. The molecule has 11 heteroatoms. The first-order valence-corrected chi connectivity index (χ1v) is 7.76. The lowest BCUT2D eigenvalue weighted by Gasteiger charge is -2.37. The Bertz CT molecular complexity index is 663. The number of ether oxygens (including phenoxy) is 6. The van der Waals surface area contributed by atoms with E-state index in [9.17, 15) is 24.0 Å². The van der Waals surface area contributed by atoms with E-state index in [2.05, 4.69) is 0 Å². The Morgan fingerprint density at radius 1 is 0.778 bits per heavy atom. The maximum atomic E-state index is 11.5. The summed E-state index contributed by atoms with van der Waals surface area (Å²) in [5.74, 6) is -4.96. The normalized spacial score (nSPS) is 21.4. The van der Waals surface area contributed by atoms with Gasteiger partial charge in [0.2, 0.25) is 11.9 Å². The number of esters is 5. The molecule has 150 valence electrons. The Morgan fingerprint density at radius 3 is 1.78 bits per heavy atom. The Hall–Kier alpha value is -3.11. The first-order chi connectivity index (χ1) is 12.5. The van der Waals surface area contributed by atoms with Crippen molar-refractivity contribution in [1.82, 2.24) is 0 Å². The van der Waals surface area contributed by atoms with Crippen LogP contribution in [0, 0.1) is 0 Å². The van der Waals surface area contributed by atoms with Gasteiger partial charge in [0.15, 0.2) is 12.2 Å². The molecule has 27 heavy (non-hydrogen) atoms. The predicted molar refractivity (Wildman–Crippen MR) is 83.2 cm³/mol. The van der Waals surface area contributed by atoms with Crippen molar-refractivity contribution in [3.05, 3.63) is 11.7 Å². The van der Waals surface area contributed by atoms with Crippen LogP contribution in [-0.2, 0) is 52.4 Å². The van der Waals surface area contributed by atoms with Gasteiger partial charge in [-0.05, 0) is 0 Å². The number of rotatable bonds is 6.